The van der Waals surface area contributed by atoms with Crippen LogP contribution in [0.25, 0.3) is 10.6 Å². The highest BCUT2D eigenvalue weighted by atomic mass is 32.1. The van der Waals surface area contributed by atoms with Crippen LogP contribution in [0.15, 0.2) is 34.6 Å². The van der Waals surface area contributed by atoms with E-state index in [9.17, 15) is 4.79 Å². The molecule has 1 aliphatic carbocycles. The van der Waals surface area contributed by atoms with Gasteiger partial charge in [0.2, 0.25) is 5.91 Å². The Kier molecular flexibility index (Phi) is 7.06. The van der Waals surface area contributed by atoms with Gasteiger partial charge >= 0.3 is 0 Å². The molecule has 0 spiro atoms. The SMILES string of the molecule is CN=C(NCc1csc(-c2ccc(OC)cc2)n1)NC1CCN(C(=O)C2CCCC2)C1. The smallest absolute Gasteiger partial charge is 0.225 e. The summed E-state index contributed by atoms with van der Waals surface area (Å²) in [5.41, 5.74) is 2.06. The lowest BCUT2D eigenvalue weighted by Gasteiger charge is -2.21. The Morgan fingerprint density at radius 3 is 2.74 bits per heavy atom. The van der Waals surface area contributed by atoms with E-state index in [1.165, 1.54) is 12.8 Å². The van der Waals surface area contributed by atoms with Crippen LogP contribution >= 0.6 is 11.3 Å². The molecule has 1 aromatic carbocycles. The van der Waals surface area contributed by atoms with Crippen molar-refractivity contribution in [2.24, 2.45) is 10.9 Å². The number of methoxy groups -OCH3 is 1. The molecule has 2 heterocycles. The fourth-order valence-electron chi connectivity index (χ4n) is 4.33. The molecule has 1 aliphatic heterocycles. The van der Waals surface area contributed by atoms with Crippen molar-refractivity contribution in [2.45, 2.75) is 44.7 Å². The van der Waals surface area contributed by atoms with Gasteiger partial charge in [0, 0.05) is 43.0 Å². The summed E-state index contributed by atoms with van der Waals surface area (Å²) in [6.45, 7) is 2.19. The summed E-state index contributed by atoms with van der Waals surface area (Å²) in [5, 5.41) is 9.88. The molecule has 2 fully saturated rings. The molecule has 1 saturated carbocycles. The van der Waals surface area contributed by atoms with Gasteiger partial charge < -0.3 is 20.3 Å². The van der Waals surface area contributed by atoms with E-state index in [0.717, 1.165) is 60.3 Å². The average Bonchev–Trinajstić information content (AvgIpc) is 3.58. The molecule has 1 unspecified atom stereocenters. The lowest BCUT2D eigenvalue weighted by Crippen LogP contribution is -2.45. The number of hydrogen-bond acceptors (Lipinski definition) is 5. The molecule has 31 heavy (non-hydrogen) atoms. The molecule has 1 aromatic heterocycles. The molecule has 1 atom stereocenters. The van der Waals surface area contributed by atoms with E-state index in [4.69, 9.17) is 9.72 Å². The Labute approximate surface area is 187 Å². The van der Waals surface area contributed by atoms with Gasteiger partial charge in [0.05, 0.1) is 19.3 Å². The first-order chi connectivity index (χ1) is 15.2. The van der Waals surface area contributed by atoms with Crippen molar-refractivity contribution in [3.63, 3.8) is 0 Å². The van der Waals surface area contributed by atoms with Crippen molar-refractivity contribution in [2.75, 3.05) is 27.2 Å². The van der Waals surface area contributed by atoms with Crippen molar-refractivity contribution in [1.29, 1.82) is 0 Å². The maximum atomic E-state index is 12.7. The third kappa shape index (κ3) is 5.36. The molecule has 2 aliphatic rings. The Hall–Kier alpha value is -2.61. The van der Waals surface area contributed by atoms with Crippen LogP contribution < -0.4 is 15.4 Å². The number of aromatic nitrogens is 1. The summed E-state index contributed by atoms with van der Waals surface area (Å²) in [7, 11) is 3.44. The van der Waals surface area contributed by atoms with Gasteiger partial charge in [-0.2, -0.15) is 0 Å². The standard InChI is InChI=1S/C23H31N5O2S/c1-24-23(27-18-11-12-28(14-18)22(29)17-5-3-4-6-17)25-13-19-15-31-21(26-19)16-7-9-20(30-2)10-8-16/h7-10,15,17-18H,3-6,11-14H2,1-2H3,(H2,24,25,27). The zero-order chi connectivity index (χ0) is 21.6. The van der Waals surface area contributed by atoms with Crippen molar-refractivity contribution < 1.29 is 9.53 Å². The summed E-state index contributed by atoms with van der Waals surface area (Å²) in [6, 6.07) is 8.18. The number of likely N-dealkylation sites (tertiary alicyclic amines) is 1. The monoisotopic (exact) mass is 441 g/mol. The molecular formula is C23H31N5O2S. The van der Waals surface area contributed by atoms with Crippen molar-refractivity contribution in [3.05, 3.63) is 35.3 Å². The van der Waals surface area contributed by atoms with Crippen LogP contribution in [-0.4, -0.2) is 55.0 Å². The highest BCUT2D eigenvalue weighted by Gasteiger charge is 2.32. The fraction of sp³-hybridized carbons (Fsp3) is 0.522. The first kappa shape index (κ1) is 21.6. The minimum absolute atomic E-state index is 0.238. The molecule has 1 amide bonds. The number of guanidine groups is 1. The van der Waals surface area contributed by atoms with Crippen LogP contribution in [0.5, 0.6) is 5.75 Å². The maximum absolute atomic E-state index is 12.7. The zero-order valence-electron chi connectivity index (χ0n) is 18.3. The van der Waals surface area contributed by atoms with Gasteiger partial charge in [-0.05, 0) is 43.5 Å². The molecular weight excluding hydrogens is 410 g/mol. The lowest BCUT2D eigenvalue weighted by atomic mass is 10.1. The Morgan fingerprint density at radius 1 is 1.26 bits per heavy atom. The van der Waals surface area contributed by atoms with Crippen LogP contribution in [0, 0.1) is 5.92 Å². The predicted octanol–water partition coefficient (Wildman–Crippen LogP) is 3.27. The lowest BCUT2D eigenvalue weighted by molar-refractivity contribution is -0.134. The fourth-order valence-corrected chi connectivity index (χ4v) is 5.15. The Bertz CT molecular complexity index is 905. The number of carbonyl (C=O) groups is 1. The van der Waals surface area contributed by atoms with E-state index in [1.54, 1.807) is 25.5 Å². The van der Waals surface area contributed by atoms with Gasteiger partial charge in [0.25, 0.3) is 0 Å². The number of nitrogens with one attached hydrogen (secondary N) is 2. The van der Waals surface area contributed by atoms with Gasteiger partial charge in [0.1, 0.15) is 10.8 Å². The van der Waals surface area contributed by atoms with E-state index in [2.05, 4.69) is 21.0 Å². The second-order valence-corrected chi connectivity index (χ2v) is 9.05. The van der Waals surface area contributed by atoms with Crippen molar-refractivity contribution in [1.82, 2.24) is 20.5 Å². The van der Waals surface area contributed by atoms with Crippen LogP contribution in [0.2, 0.25) is 0 Å². The summed E-state index contributed by atoms with van der Waals surface area (Å²) < 4.78 is 5.22. The van der Waals surface area contributed by atoms with Crippen LogP contribution in [0.1, 0.15) is 37.8 Å². The number of ether oxygens (including phenoxy) is 1. The maximum Gasteiger partial charge on any atom is 0.225 e. The predicted molar refractivity (Wildman–Crippen MR) is 124 cm³/mol. The zero-order valence-corrected chi connectivity index (χ0v) is 19.1. The molecule has 4 rings (SSSR count). The average molecular weight is 442 g/mol. The van der Waals surface area contributed by atoms with Crippen LogP contribution in [0.4, 0.5) is 0 Å². The molecule has 2 aromatic rings. The molecule has 8 heteroatoms. The van der Waals surface area contributed by atoms with E-state index in [0.29, 0.717) is 12.5 Å². The number of rotatable bonds is 6. The topological polar surface area (TPSA) is 78.9 Å². The van der Waals surface area contributed by atoms with Crippen LogP contribution in [-0.2, 0) is 11.3 Å². The summed E-state index contributed by atoms with van der Waals surface area (Å²) in [5.74, 6) is 2.19. The number of nitrogens with zero attached hydrogens (tertiary/aromatic N) is 3. The van der Waals surface area contributed by atoms with Gasteiger partial charge in [-0.25, -0.2) is 4.98 Å². The molecule has 0 radical (unpaired) electrons. The van der Waals surface area contributed by atoms with Gasteiger partial charge in [-0.1, -0.05) is 12.8 Å². The van der Waals surface area contributed by atoms with Gasteiger partial charge in [-0.15, -0.1) is 11.3 Å². The van der Waals surface area contributed by atoms with E-state index in [-0.39, 0.29) is 12.0 Å². The second-order valence-electron chi connectivity index (χ2n) is 8.19. The van der Waals surface area contributed by atoms with E-state index in [1.807, 2.05) is 29.2 Å². The Balaban J connectivity index is 1.26. The van der Waals surface area contributed by atoms with E-state index < -0.39 is 0 Å². The Morgan fingerprint density at radius 2 is 2.03 bits per heavy atom. The number of carbonyl (C=O) groups excluding carboxylic acids is 1. The van der Waals surface area contributed by atoms with Crippen molar-refractivity contribution in [3.8, 4) is 16.3 Å². The molecule has 0 bridgehead atoms. The minimum Gasteiger partial charge on any atom is -0.497 e. The highest BCUT2D eigenvalue weighted by Crippen LogP contribution is 2.28. The van der Waals surface area contributed by atoms with Crippen LogP contribution in [0.3, 0.4) is 0 Å². The molecule has 7 nitrogen and oxygen atoms in total. The van der Waals surface area contributed by atoms with Gasteiger partial charge in [-0.3, -0.25) is 9.79 Å². The third-order valence-electron chi connectivity index (χ3n) is 6.09. The molecule has 2 N–H and O–H groups in total. The summed E-state index contributed by atoms with van der Waals surface area (Å²) in [4.78, 5) is 23.8. The van der Waals surface area contributed by atoms with E-state index >= 15 is 0 Å². The molecule has 1 saturated heterocycles. The summed E-state index contributed by atoms with van der Waals surface area (Å²) in [6.07, 6.45) is 5.46. The number of aliphatic imine (C=N–C) groups is 1. The summed E-state index contributed by atoms with van der Waals surface area (Å²) >= 11 is 1.63. The quantitative estimate of drug-likeness (QED) is 0.531. The normalized spacial score (nSPS) is 19.6. The first-order valence-corrected chi connectivity index (χ1v) is 11.9. The van der Waals surface area contributed by atoms with Gasteiger partial charge in [0.15, 0.2) is 5.96 Å². The van der Waals surface area contributed by atoms with Crippen molar-refractivity contribution >= 4 is 23.2 Å². The minimum atomic E-state index is 0.238. The largest absolute Gasteiger partial charge is 0.497 e. The number of thiazole rings is 1. The highest BCUT2D eigenvalue weighted by molar-refractivity contribution is 7.13. The number of benzene rings is 1. The second kappa shape index (κ2) is 10.1. The number of hydrogen-bond donors (Lipinski definition) is 2. The molecule has 166 valence electrons. The number of amides is 1. The third-order valence-corrected chi connectivity index (χ3v) is 7.03. The first-order valence-electron chi connectivity index (χ1n) is 11.0.